The Balaban J connectivity index is 1.21. The first kappa shape index (κ1) is 25.6. The molecule has 1 aromatic heterocycles. The number of nitrogens with one attached hydrogen (secondary N) is 2. The molecule has 9 heteroatoms. The molecule has 3 aliphatic rings. The number of carbonyl (C=O) groups is 2. The van der Waals surface area contributed by atoms with Crippen LogP contribution in [0.25, 0.3) is 0 Å². The predicted octanol–water partition coefficient (Wildman–Crippen LogP) is 2.29. The summed E-state index contributed by atoms with van der Waals surface area (Å²) in [6, 6.07) is 15.7. The summed E-state index contributed by atoms with van der Waals surface area (Å²) in [4.78, 5) is 29.7. The molecule has 0 saturated carbocycles. The van der Waals surface area contributed by atoms with Gasteiger partial charge in [-0.05, 0) is 55.1 Å². The van der Waals surface area contributed by atoms with E-state index in [9.17, 15) is 9.59 Å². The number of rotatable bonds is 4. The Bertz CT molecular complexity index is 1320. The van der Waals surface area contributed by atoms with Crippen LogP contribution in [0, 0.1) is 5.41 Å². The summed E-state index contributed by atoms with van der Waals surface area (Å²) in [7, 11) is 0. The van der Waals surface area contributed by atoms with E-state index in [1.807, 2.05) is 41.2 Å². The molecule has 1 atom stereocenters. The summed E-state index contributed by atoms with van der Waals surface area (Å²) in [6.07, 6.45) is 6.02. The van der Waals surface area contributed by atoms with Gasteiger partial charge < -0.3 is 15.4 Å². The second-order valence-electron chi connectivity index (χ2n) is 11.1. The molecule has 0 aliphatic carbocycles. The van der Waals surface area contributed by atoms with Gasteiger partial charge in [-0.2, -0.15) is 0 Å². The van der Waals surface area contributed by atoms with Gasteiger partial charge in [-0.1, -0.05) is 47.7 Å². The third kappa shape index (κ3) is 5.83. The molecule has 39 heavy (non-hydrogen) atoms. The SMILES string of the molecule is O=C1NCCCn2cc(nn2)CC2(CCN(Cc3ccc4c(c3)CCO4)CC2)C(=O)N[C@H]1Cc1ccccc1. The Morgan fingerprint density at radius 2 is 1.87 bits per heavy atom. The van der Waals surface area contributed by atoms with Gasteiger partial charge in [0.25, 0.3) is 0 Å². The largest absolute Gasteiger partial charge is 0.493 e. The van der Waals surface area contributed by atoms with E-state index < -0.39 is 11.5 Å². The minimum atomic E-state index is -0.646. The van der Waals surface area contributed by atoms with Gasteiger partial charge in [-0.25, -0.2) is 0 Å². The zero-order valence-electron chi connectivity index (χ0n) is 22.3. The molecule has 2 aromatic carbocycles. The van der Waals surface area contributed by atoms with E-state index in [1.54, 1.807) is 0 Å². The zero-order chi connectivity index (χ0) is 26.7. The lowest BCUT2D eigenvalue weighted by atomic mass is 9.73. The highest BCUT2D eigenvalue weighted by Gasteiger charge is 2.43. The zero-order valence-corrected chi connectivity index (χ0v) is 22.3. The summed E-state index contributed by atoms with van der Waals surface area (Å²) in [5.41, 5.74) is 3.76. The molecule has 0 unspecified atom stereocenters. The van der Waals surface area contributed by atoms with Crippen molar-refractivity contribution in [1.82, 2.24) is 30.5 Å². The Morgan fingerprint density at radius 1 is 1.03 bits per heavy atom. The van der Waals surface area contributed by atoms with Gasteiger partial charge in [0.1, 0.15) is 11.8 Å². The van der Waals surface area contributed by atoms with Crippen molar-refractivity contribution in [3.8, 4) is 5.75 Å². The number of amides is 2. The van der Waals surface area contributed by atoms with Crippen molar-refractivity contribution in [2.45, 2.75) is 57.7 Å². The molecule has 0 radical (unpaired) electrons. The molecule has 3 aliphatic heterocycles. The first-order valence-electron chi connectivity index (χ1n) is 14.0. The van der Waals surface area contributed by atoms with E-state index in [2.05, 4.69) is 44.0 Å². The lowest BCUT2D eigenvalue weighted by Gasteiger charge is -2.41. The van der Waals surface area contributed by atoms with Gasteiger partial charge in [0.05, 0.1) is 17.7 Å². The number of aryl methyl sites for hydroxylation is 1. The Kier molecular flexibility index (Phi) is 7.32. The van der Waals surface area contributed by atoms with Crippen molar-refractivity contribution < 1.29 is 14.3 Å². The number of carbonyl (C=O) groups excluding carboxylic acids is 2. The van der Waals surface area contributed by atoms with E-state index >= 15 is 0 Å². The first-order valence-corrected chi connectivity index (χ1v) is 14.0. The van der Waals surface area contributed by atoms with E-state index in [4.69, 9.17) is 4.74 Å². The maximum Gasteiger partial charge on any atom is 0.242 e. The highest BCUT2D eigenvalue weighted by atomic mass is 16.5. The van der Waals surface area contributed by atoms with E-state index in [-0.39, 0.29) is 11.8 Å². The van der Waals surface area contributed by atoms with Gasteiger partial charge in [-0.15, -0.1) is 5.10 Å². The molecule has 1 spiro atoms. The summed E-state index contributed by atoms with van der Waals surface area (Å²) in [5.74, 6) is 0.791. The number of hydrogen-bond acceptors (Lipinski definition) is 6. The molecule has 2 bridgehead atoms. The van der Waals surface area contributed by atoms with Gasteiger partial charge >= 0.3 is 0 Å². The lowest BCUT2D eigenvalue weighted by Crippen LogP contribution is -2.56. The minimum absolute atomic E-state index is 0.0679. The van der Waals surface area contributed by atoms with Crippen LogP contribution in [-0.4, -0.2) is 64.0 Å². The van der Waals surface area contributed by atoms with Crippen molar-refractivity contribution in [2.75, 3.05) is 26.2 Å². The van der Waals surface area contributed by atoms with Crippen LogP contribution < -0.4 is 15.4 Å². The topological polar surface area (TPSA) is 101 Å². The average molecular weight is 529 g/mol. The highest BCUT2D eigenvalue weighted by Crippen LogP contribution is 2.36. The number of hydrogen-bond donors (Lipinski definition) is 2. The lowest BCUT2D eigenvalue weighted by molar-refractivity contribution is -0.137. The maximum absolute atomic E-state index is 14.1. The fourth-order valence-electron chi connectivity index (χ4n) is 6.04. The van der Waals surface area contributed by atoms with Crippen LogP contribution in [0.2, 0.25) is 0 Å². The number of benzene rings is 2. The highest BCUT2D eigenvalue weighted by molar-refractivity contribution is 5.90. The van der Waals surface area contributed by atoms with Crippen LogP contribution in [-0.2, 0) is 41.9 Å². The van der Waals surface area contributed by atoms with E-state index in [0.29, 0.717) is 38.8 Å². The van der Waals surface area contributed by atoms with Gasteiger partial charge in [0, 0.05) is 45.1 Å². The molecule has 3 aromatic rings. The number of fused-ring (bicyclic) bond motifs is 3. The first-order chi connectivity index (χ1) is 19.1. The van der Waals surface area contributed by atoms with Crippen molar-refractivity contribution in [1.29, 1.82) is 0 Å². The molecule has 2 amide bonds. The van der Waals surface area contributed by atoms with Crippen LogP contribution in [0.4, 0.5) is 0 Å². The molecule has 2 N–H and O–H groups in total. The second-order valence-corrected chi connectivity index (χ2v) is 11.1. The van der Waals surface area contributed by atoms with Gasteiger partial charge in [-0.3, -0.25) is 19.2 Å². The normalized spacial score (nSPS) is 21.6. The number of likely N-dealkylation sites (tertiary alicyclic amines) is 1. The summed E-state index contributed by atoms with van der Waals surface area (Å²) >= 11 is 0. The summed E-state index contributed by atoms with van der Waals surface area (Å²) < 4.78 is 7.48. The smallest absolute Gasteiger partial charge is 0.242 e. The van der Waals surface area contributed by atoms with Crippen molar-refractivity contribution >= 4 is 11.8 Å². The number of piperidine rings is 1. The minimum Gasteiger partial charge on any atom is -0.493 e. The van der Waals surface area contributed by atoms with E-state index in [1.165, 1.54) is 11.1 Å². The van der Waals surface area contributed by atoms with Crippen LogP contribution in [0.15, 0.2) is 54.7 Å². The van der Waals surface area contributed by atoms with E-state index in [0.717, 1.165) is 56.1 Å². The summed E-state index contributed by atoms with van der Waals surface area (Å²) in [6.45, 7) is 4.39. The molecule has 6 rings (SSSR count). The molecular formula is C30H36N6O3. The molecule has 1 fully saturated rings. The Labute approximate surface area is 228 Å². The number of ether oxygens (including phenoxy) is 1. The Morgan fingerprint density at radius 3 is 2.72 bits per heavy atom. The third-order valence-electron chi connectivity index (χ3n) is 8.33. The Hall–Kier alpha value is -3.72. The van der Waals surface area contributed by atoms with Crippen molar-refractivity contribution in [2.24, 2.45) is 5.41 Å². The fourth-order valence-corrected chi connectivity index (χ4v) is 6.04. The molecular weight excluding hydrogens is 492 g/mol. The van der Waals surface area contributed by atoms with Crippen LogP contribution in [0.3, 0.4) is 0 Å². The van der Waals surface area contributed by atoms with Crippen LogP contribution in [0.5, 0.6) is 5.75 Å². The molecule has 9 nitrogen and oxygen atoms in total. The molecule has 1 saturated heterocycles. The number of nitrogens with zero attached hydrogens (tertiary/aromatic N) is 4. The van der Waals surface area contributed by atoms with Gasteiger partial charge in [0.15, 0.2) is 0 Å². The van der Waals surface area contributed by atoms with Gasteiger partial charge in [0.2, 0.25) is 11.8 Å². The van der Waals surface area contributed by atoms with Crippen molar-refractivity contribution in [3.63, 3.8) is 0 Å². The number of aromatic nitrogens is 3. The van der Waals surface area contributed by atoms with Crippen LogP contribution >= 0.6 is 0 Å². The maximum atomic E-state index is 14.1. The second kappa shape index (κ2) is 11.2. The van der Waals surface area contributed by atoms with Crippen LogP contribution in [0.1, 0.15) is 41.6 Å². The predicted molar refractivity (Wildman–Crippen MR) is 146 cm³/mol. The summed E-state index contributed by atoms with van der Waals surface area (Å²) in [5, 5.41) is 14.9. The monoisotopic (exact) mass is 528 g/mol. The third-order valence-corrected chi connectivity index (χ3v) is 8.33. The standard InChI is InChI=1S/C30H36N6O3/c37-28-26(18-22-5-2-1-3-6-22)32-29(38)30(19-25-21-36(34-33-25)13-4-12-31-28)10-14-35(15-11-30)20-23-7-8-27-24(17-23)9-16-39-27/h1-3,5-8,17,21,26H,4,9-16,18-20H2,(H,31,37)(H,32,38)/t26-/m0/s1. The van der Waals surface area contributed by atoms with Crippen molar-refractivity contribution in [3.05, 3.63) is 77.1 Å². The fraction of sp³-hybridized carbons (Fsp3) is 0.467. The quantitative estimate of drug-likeness (QED) is 0.539. The molecule has 204 valence electrons. The average Bonchev–Trinajstić information content (AvgIpc) is 3.61. The molecule has 4 heterocycles.